The zero-order valence-corrected chi connectivity index (χ0v) is 11.7. The summed E-state index contributed by atoms with van der Waals surface area (Å²) in [7, 11) is 1.67. The van der Waals surface area contributed by atoms with Gasteiger partial charge in [-0.15, -0.1) is 0 Å². The molecule has 1 aromatic heterocycles. The topological polar surface area (TPSA) is 85.1 Å². The van der Waals surface area contributed by atoms with E-state index < -0.39 is 0 Å². The fourth-order valence-electron chi connectivity index (χ4n) is 1.90. The van der Waals surface area contributed by atoms with Crippen molar-refractivity contribution in [3.63, 3.8) is 0 Å². The quantitative estimate of drug-likeness (QED) is 0.549. The highest BCUT2D eigenvalue weighted by Gasteiger charge is 2.01. The Bertz CT molecular complexity index is 573. The Morgan fingerprint density at radius 2 is 2.00 bits per heavy atom. The molecule has 1 heterocycles. The highest BCUT2D eigenvalue weighted by molar-refractivity contribution is 5.46. The molecule has 0 fully saturated rings. The minimum absolute atomic E-state index is 0.599. The molecule has 0 atom stereocenters. The molecule has 0 aliphatic carbocycles. The van der Waals surface area contributed by atoms with Crippen molar-refractivity contribution in [3.05, 3.63) is 41.7 Å². The van der Waals surface area contributed by atoms with Crippen LogP contribution in [0.15, 0.2) is 30.3 Å². The number of methoxy groups -OCH3 is 1. The van der Waals surface area contributed by atoms with Gasteiger partial charge in [-0.1, -0.05) is 12.1 Å². The number of hydrazine groups is 1. The fourth-order valence-corrected chi connectivity index (χ4v) is 1.90. The first-order valence-corrected chi connectivity index (χ1v) is 6.40. The minimum Gasteiger partial charge on any atom is -0.497 e. The van der Waals surface area contributed by atoms with Gasteiger partial charge in [0.05, 0.1) is 7.11 Å². The summed E-state index contributed by atoms with van der Waals surface area (Å²) in [5.74, 6) is 8.25. The maximum Gasteiger partial charge on any atom is 0.145 e. The minimum atomic E-state index is 0.599. The van der Waals surface area contributed by atoms with Gasteiger partial charge in [0.1, 0.15) is 23.2 Å². The Kier molecular flexibility index (Phi) is 4.73. The largest absolute Gasteiger partial charge is 0.497 e. The molecule has 6 nitrogen and oxygen atoms in total. The molecule has 0 spiro atoms. The molecule has 4 N–H and O–H groups in total. The monoisotopic (exact) mass is 273 g/mol. The molecule has 0 aliphatic rings. The van der Waals surface area contributed by atoms with Gasteiger partial charge in [0, 0.05) is 12.6 Å². The van der Waals surface area contributed by atoms with Gasteiger partial charge in [-0.25, -0.2) is 15.8 Å². The number of rotatable bonds is 6. The third-order valence-corrected chi connectivity index (χ3v) is 2.84. The highest BCUT2D eigenvalue weighted by atomic mass is 16.5. The molecule has 0 aliphatic heterocycles. The summed E-state index contributed by atoms with van der Waals surface area (Å²) in [6.45, 7) is 2.60. The molecule has 0 amide bonds. The maximum absolute atomic E-state index is 5.36. The second kappa shape index (κ2) is 6.72. The maximum atomic E-state index is 5.36. The Morgan fingerprint density at radius 1 is 1.20 bits per heavy atom. The lowest BCUT2D eigenvalue weighted by Crippen LogP contribution is -2.12. The Labute approximate surface area is 118 Å². The number of nitrogens with zero attached hydrogens (tertiary/aromatic N) is 2. The van der Waals surface area contributed by atoms with Gasteiger partial charge in [-0.05, 0) is 31.0 Å². The average Bonchev–Trinajstić information content (AvgIpc) is 2.47. The van der Waals surface area contributed by atoms with E-state index in [2.05, 4.69) is 26.8 Å². The van der Waals surface area contributed by atoms with E-state index in [1.54, 1.807) is 13.2 Å². The molecular formula is C14H19N5O. The van der Waals surface area contributed by atoms with E-state index in [-0.39, 0.29) is 0 Å². The van der Waals surface area contributed by atoms with E-state index in [0.29, 0.717) is 11.6 Å². The van der Waals surface area contributed by atoms with Gasteiger partial charge in [0.2, 0.25) is 0 Å². The summed E-state index contributed by atoms with van der Waals surface area (Å²) >= 11 is 0. The molecule has 0 bridgehead atoms. The lowest BCUT2D eigenvalue weighted by molar-refractivity contribution is 0.414. The standard InChI is InChI=1S/C14H19N5O/c1-10-17-13(9-14(18-10)19-15)16-7-6-11-4-3-5-12(8-11)20-2/h3-5,8-9H,6-7,15H2,1-2H3,(H2,16,17,18,19). The second-order valence-corrected chi connectivity index (χ2v) is 4.36. The molecular weight excluding hydrogens is 254 g/mol. The van der Waals surface area contributed by atoms with Crippen LogP contribution in [0.3, 0.4) is 0 Å². The predicted octanol–water partition coefficient (Wildman–Crippen LogP) is 1.73. The number of nitrogens with one attached hydrogen (secondary N) is 2. The molecule has 0 saturated heterocycles. The summed E-state index contributed by atoms with van der Waals surface area (Å²) in [6, 6.07) is 9.80. The van der Waals surface area contributed by atoms with E-state index in [9.17, 15) is 0 Å². The molecule has 20 heavy (non-hydrogen) atoms. The van der Waals surface area contributed by atoms with Crippen LogP contribution < -0.4 is 21.3 Å². The van der Waals surface area contributed by atoms with Crippen molar-refractivity contribution in [1.82, 2.24) is 9.97 Å². The van der Waals surface area contributed by atoms with Gasteiger partial charge in [0.25, 0.3) is 0 Å². The van der Waals surface area contributed by atoms with Crippen molar-refractivity contribution < 1.29 is 4.74 Å². The van der Waals surface area contributed by atoms with E-state index in [4.69, 9.17) is 10.6 Å². The predicted molar refractivity (Wildman–Crippen MR) is 79.8 cm³/mol. The normalized spacial score (nSPS) is 10.2. The lowest BCUT2D eigenvalue weighted by Gasteiger charge is -2.09. The molecule has 2 aromatic rings. The van der Waals surface area contributed by atoms with Crippen LogP contribution in [0.5, 0.6) is 5.75 Å². The Hall–Kier alpha value is -2.34. The Morgan fingerprint density at radius 3 is 2.75 bits per heavy atom. The number of aromatic nitrogens is 2. The first-order chi connectivity index (χ1) is 9.71. The highest BCUT2D eigenvalue weighted by Crippen LogP contribution is 2.14. The molecule has 2 rings (SSSR count). The molecule has 0 unspecified atom stereocenters. The average molecular weight is 273 g/mol. The lowest BCUT2D eigenvalue weighted by atomic mass is 10.1. The third-order valence-electron chi connectivity index (χ3n) is 2.84. The summed E-state index contributed by atoms with van der Waals surface area (Å²) in [6.07, 6.45) is 0.881. The number of ether oxygens (including phenoxy) is 1. The number of nitrogens with two attached hydrogens (primary N) is 1. The number of aryl methyl sites for hydroxylation is 1. The zero-order valence-electron chi connectivity index (χ0n) is 11.7. The number of benzene rings is 1. The molecule has 0 radical (unpaired) electrons. The van der Waals surface area contributed by atoms with Crippen molar-refractivity contribution in [2.45, 2.75) is 13.3 Å². The van der Waals surface area contributed by atoms with Crippen molar-refractivity contribution in [2.24, 2.45) is 5.84 Å². The van der Waals surface area contributed by atoms with Gasteiger partial charge in [-0.3, -0.25) is 0 Å². The van der Waals surface area contributed by atoms with Crippen LogP contribution in [-0.2, 0) is 6.42 Å². The zero-order chi connectivity index (χ0) is 14.4. The fraction of sp³-hybridized carbons (Fsp3) is 0.286. The van der Waals surface area contributed by atoms with Crippen LogP contribution >= 0.6 is 0 Å². The third kappa shape index (κ3) is 3.83. The first-order valence-electron chi connectivity index (χ1n) is 6.40. The summed E-state index contributed by atoms with van der Waals surface area (Å²) < 4.78 is 5.20. The van der Waals surface area contributed by atoms with Crippen molar-refractivity contribution in [1.29, 1.82) is 0 Å². The SMILES string of the molecule is COc1cccc(CCNc2cc(NN)nc(C)n2)c1. The molecule has 6 heteroatoms. The van der Waals surface area contributed by atoms with Crippen LogP contribution in [-0.4, -0.2) is 23.6 Å². The van der Waals surface area contributed by atoms with E-state index in [0.717, 1.165) is 24.5 Å². The summed E-state index contributed by atoms with van der Waals surface area (Å²) in [5, 5.41) is 3.26. The van der Waals surface area contributed by atoms with Crippen molar-refractivity contribution in [3.8, 4) is 5.75 Å². The van der Waals surface area contributed by atoms with Gasteiger partial charge in [-0.2, -0.15) is 0 Å². The van der Waals surface area contributed by atoms with Crippen LogP contribution in [0.4, 0.5) is 11.6 Å². The van der Waals surface area contributed by atoms with Crippen molar-refractivity contribution >= 4 is 11.6 Å². The summed E-state index contributed by atoms with van der Waals surface area (Å²) in [5.41, 5.74) is 3.73. The number of hydrogen-bond acceptors (Lipinski definition) is 6. The smallest absolute Gasteiger partial charge is 0.145 e. The van der Waals surface area contributed by atoms with Crippen LogP contribution in [0, 0.1) is 6.92 Å². The van der Waals surface area contributed by atoms with Crippen molar-refractivity contribution in [2.75, 3.05) is 24.4 Å². The van der Waals surface area contributed by atoms with E-state index in [1.165, 1.54) is 5.56 Å². The van der Waals surface area contributed by atoms with Gasteiger partial charge < -0.3 is 15.5 Å². The second-order valence-electron chi connectivity index (χ2n) is 4.36. The Balaban J connectivity index is 1.93. The number of nitrogen functional groups attached to an aromatic ring is 1. The van der Waals surface area contributed by atoms with Gasteiger partial charge in [0.15, 0.2) is 0 Å². The molecule has 0 saturated carbocycles. The number of hydrogen-bond donors (Lipinski definition) is 3. The molecule has 1 aromatic carbocycles. The van der Waals surface area contributed by atoms with E-state index in [1.807, 2.05) is 25.1 Å². The van der Waals surface area contributed by atoms with Gasteiger partial charge >= 0.3 is 0 Å². The van der Waals surface area contributed by atoms with Crippen LogP contribution in [0.2, 0.25) is 0 Å². The number of anilines is 2. The van der Waals surface area contributed by atoms with E-state index >= 15 is 0 Å². The first kappa shape index (κ1) is 14.1. The van der Waals surface area contributed by atoms with Crippen LogP contribution in [0.25, 0.3) is 0 Å². The summed E-state index contributed by atoms with van der Waals surface area (Å²) in [4.78, 5) is 8.44. The van der Waals surface area contributed by atoms with Crippen LogP contribution in [0.1, 0.15) is 11.4 Å². The molecule has 106 valence electrons.